The van der Waals surface area contributed by atoms with Crippen LogP contribution >= 0.6 is 34.4 Å². The van der Waals surface area contributed by atoms with E-state index in [4.69, 9.17) is 20.7 Å². The van der Waals surface area contributed by atoms with Crippen LogP contribution in [-0.2, 0) is 12.8 Å². The van der Waals surface area contributed by atoms with Gasteiger partial charge in [-0.3, -0.25) is 4.90 Å². The summed E-state index contributed by atoms with van der Waals surface area (Å²) in [5.74, 6) is 8.11. The fourth-order valence-corrected chi connectivity index (χ4v) is 8.06. The molecule has 35 heavy (non-hydrogen) atoms. The Morgan fingerprint density at radius 2 is 1.83 bits per heavy atom. The predicted octanol–water partition coefficient (Wildman–Crippen LogP) is 5.43. The summed E-state index contributed by atoms with van der Waals surface area (Å²) in [5, 5.41) is 4.32. The van der Waals surface area contributed by atoms with Gasteiger partial charge in [0.1, 0.15) is 0 Å². The second-order valence-electron chi connectivity index (χ2n) is 9.36. The van der Waals surface area contributed by atoms with Gasteiger partial charge >= 0.3 is 0 Å². The van der Waals surface area contributed by atoms with Crippen molar-refractivity contribution in [3.05, 3.63) is 34.7 Å². The van der Waals surface area contributed by atoms with Gasteiger partial charge in [-0.05, 0) is 50.8 Å². The molecule has 2 aliphatic heterocycles. The first-order valence-corrected chi connectivity index (χ1v) is 15.3. The molecule has 3 aliphatic rings. The molecule has 4 heterocycles. The molecule has 0 spiro atoms. The first-order chi connectivity index (χ1) is 17.2. The third kappa shape index (κ3) is 5.17. The third-order valence-corrected chi connectivity index (χ3v) is 10.2. The number of hydrogen-bond acceptors (Lipinski definition) is 10. The van der Waals surface area contributed by atoms with Gasteiger partial charge in [0.15, 0.2) is 15.9 Å². The number of fused-ring (bicyclic) bond motifs is 4. The SMILES string of the molecule is NN1Oc2c(sc3c2CCCCCC3)N=C1SCCCN1CCN(c2nc3ccccc3s2)CC1. The summed E-state index contributed by atoms with van der Waals surface area (Å²) >= 11 is 5.30. The summed E-state index contributed by atoms with van der Waals surface area (Å²) in [6, 6.07) is 8.41. The van der Waals surface area contributed by atoms with Crippen LogP contribution < -0.4 is 15.6 Å². The van der Waals surface area contributed by atoms with Crippen molar-refractivity contribution in [1.82, 2.24) is 15.1 Å². The second-order valence-corrected chi connectivity index (χ2v) is 12.5. The van der Waals surface area contributed by atoms with Crippen molar-refractivity contribution in [2.45, 2.75) is 44.9 Å². The third-order valence-electron chi connectivity index (χ3n) is 6.96. The van der Waals surface area contributed by atoms with Crippen molar-refractivity contribution >= 4 is 60.0 Å². The monoisotopic (exact) mass is 528 g/mol. The molecule has 1 saturated heterocycles. The van der Waals surface area contributed by atoms with Gasteiger partial charge in [0.25, 0.3) is 0 Å². The molecule has 0 bridgehead atoms. The summed E-state index contributed by atoms with van der Waals surface area (Å²) in [7, 11) is 0. The van der Waals surface area contributed by atoms with Gasteiger partial charge < -0.3 is 9.74 Å². The molecule has 0 unspecified atom stereocenters. The van der Waals surface area contributed by atoms with Gasteiger partial charge in [-0.2, -0.15) is 0 Å². The quantitative estimate of drug-likeness (QED) is 0.350. The van der Waals surface area contributed by atoms with Crippen LogP contribution in [-0.4, -0.2) is 58.7 Å². The average Bonchev–Trinajstić information content (AvgIpc) is 3.43. The number of hydroxylamine groups is 1. The highest BCUT2D eigenvalue weighted by Crippen LogP contribution is 2.47. The predicted molar refractivity (Wildman–Crippen MR) is 149 cm³/mol. The molecule has 10 heteroatoms. The Balaban J connectivity index is 0.985. The molecule has 0 saturated carbocycles. The zero-order valence-corrected chi connectivity index (χ0v) is 22.4. The van der Waals surface area contributed by atoms with E-state index in [1.165, 1.54) is 46.0 Å². The van der Waals surface area contributed by atoms with Crippen molar-refractivity contribution in [1.29, 1.82) is 0 Å². The van der Waals surface area contributed by atoms with E-state index >= 15 is 0 Å². The van der Waals surface area contributed by atoms with Crippen LogP contribution in [0.1, 0.15) is 42.5 Å². The highest BCUT2D eigenvalue weighted by Gasteiger charge is 2.28. The number of benzene rings is 1. The lowest BCUT2D eigenvalue weighted by Gasteiger charge is -2.34. The summed E-state index contributed by atoms with van der Waals surface area (Å²) < 4.78 is 1.27. The molecule has 0 radical (unpaired) electrons. The summed E-state index contributed by atoms with van der Waals surface area (Å²) in [5.41, 5.74) is 2.45. The van der Waals surface area contributed by atoms with Crippen molar-refractivity contribution < 1.29 is 4.84 Å². The Hall–Kier alpha value is -1.85. The molecule has 3 aromatic rings. The fraction of sp³-hybridized carbons (Fsp3) is 0.520. The number of nitrogens with zero attached hydrogens (tertiary/aromatic N) is 5. The number of hydrazine groups is 1. The van der Waals surface area contributed by atoms with Crippen LogP contribution in [0.3, 0.4) is 0 Å². The number of rotatable bonds is 5. The largest absolute Gasteiger partial charge is 0.359 e. The van der Waals surface area contributed by atoms with Crippen LogP contribution in [0.4, 0.5) is 10.1 Å². The average molecular weight is 529 g/mol. The molecular formula is C25H32N6OS3. The molecular weight excluding hydrogens is 497 g/mol. The van der Waals surface area contributed by atoms with E-state index in [1.54, 1.807) is 34.4 Å². The smallest absolute Gasteiger partial charge is 0.218 e. The highest BCUT2D eigenvalue weighted by atomic mass is 32.2. The van der Waals surface area contributed by atoms with Crippen molar-refractivity contribution in [2.75, 3.05) is 43.4 Å². The Kier molecular flexibility index (Phi) is 7.16. The van der Waals surface area contributed by atoms with Crippen LogP contribution in [0, 0.1) is 0 Å². The maximum absolute atomic E-state index is 6.22. The van der Waals surface area contributed by atoms with E-state index in [9.17, 15) is 0 Å². The number of aromatic nitrogens is 1. The Bertz CT molecular complexity index is 1170. The number of aryl methyl sites for hydroxylation is 1. The van der Waals surface area contributed by atoms with E-state index in [-0.39, 0.29) is 0 Å². The van der Waals surface area contributed by atoms with E-state index in [0.29, 0.717) is 0 Å². The van der Waals surface area contributed by atoms with Crippen LogP contribution in [0.2, 0.25) is 0 Å². The topological polar surface area (TPSA) is 70.2 Å². The lowest BCUT2D eigenvalue weighted by Crippen LogP contribution is -2.46. The molecule has 186 valence electrons. The number of thiazole rings is 1. The lowest BCUT2D eigenvalue weighted by molar-refractivity contribution is 0.0188. The van der Waals surface area contributed by atoms with Gasteiger partial charge in [-0.25, -0.2) is 15.8 Å². The number of amidine groups is 1. The Morgan fingerprint density at radius 3 is 2.69 bits per heavy atom. The van der Waals surface area contributed by atoms with Crippen LogP contribution in [0.5, 0.6) is 5.75 Å². The van der Waals surface area contributed by atoms with Gasteiger partial charge in [0, 0.05) is 42.4 Å². The van der Waals surface area contributed by atoms with Crippen molar-refractivity contribution in [3.8, 4) is 5.75 Å². The number of para-hydroxylation sites is 1. The molecule has 7 nitrogen and oxygen atoms in total. The number of anilines is 1. The Morgan fingerprint density at radius 1 is 1.00 bits per heavy atom. The number of hydrogen-bond donors (Lipinski definition) is 1. The van der Waals surface area contributed by atoms with Crippen LogP contribution in [0.25, 0.3) is 10.2 Å². The van der Waals surface area contributed by atoms with Gasteiger partial charge in [-0.1, -0.05) is 48.1 Å². The number of aliphatic imine (C=N–C) groups is 1. The molecule has 2 aromatic heterocycles. The molecule has 2 N–H and O–H groups in total. The van der Waals surface area contributed by atoms with Gasteiger partial charge in [-0.15, -0.1) is 16.5 Å². The highest BCUT2D eigenvalue weighted by molar-refractivity contribution is 8.13. The van der Waals surface area contributed by atoms with Gasteiger partial charge in [0.2, 0.25) is 5.17 Å². The molecule has 6 rings (SSSR count). The normalized spacial score (nSPS) is 19.1. The lowest BCUT2D eigenvalue weighted by atomic mass is 9.99. The summed E-state index contributed by atoms with van der Waals surface area (Å²) in [6.45, 7) is 5.33. The molecule has 1 aromatic carbocycles. The number of thiophene rings is 1. The molecule has 1 aliphatic carbocycles. The van der Waals surface area contributed by atoms with E-state index in [0.717, 1.165) is 84.3 Å². The van der Waals surface area contributed by atoms with E-state index < -0.39 is 0 Å². The first kappa shape index (κ1) is 23.5. The summed E-state index contributed by atoms with van der Waals surface area (Å²) in [6.07, 6.45) is 8.45. The van der Waals surface area contributed by atoms with Crippen LogP contribution in [0.15, 0.2) is 29.3 Å². The minimum atomic E-state index is 0.771. The van der Waals surface area contributed by atoms with Crippen molar-refractivity contribution in [3.63, 3.8) is 0 Å². The number of nitrogens with two attached hydrogens (primary N) is 1. The Labute approximate surface area is 218 Å². The zero-order valence-electron chi connectivity index (χ0n) is 19.9. The maximum Gasteiger partial charge on any atom is 0.218 e. The maximum atomic E-state index is 6.22. The number of piperazine rings is 1. The molecule has 1 fully saturated rings. The number of thioether (sulfide) groups is 1. The second kappa shape index (κ2) is 10.6. The van der Waals surface area contributed by atoms with Crippen molar-refractivity contribution in [2.24, 2.45) is 10.8 Å². The fourth-order valence-electron chi connectivity index (χ4n) is 5.02. The standard InChI is InChI=1S/C25H32N6OS3/c26-31-25(28-23-22(32-31)18-8-3-1-2-4-10-20(18)34-23)33-17-7-12-29-13-15-30(16-14-29)24-27-19-9-5-6-11-21(19)35-24/h5-6,9,11H,1-4,7-8,10,12-17,26H2. The van der Waals surface area contributed by atoms with E-state index in [1.807, 2.05) is 0 Å². The minimum absolute atomic E-state index is 0.771. The zero-order chi connectivity index (χ0) is 23.6. The molecule has 0 amide bonds. The van der Waals surface area contributed by atoms with Gasteiger partial charge in [0.05, 0.1) is 10.2 Å². The minimum Gasteiger partial charge on any atom is -0.359 e. The summed E-state index contributed by atoms with van der Waals surface area (Å²) in [4.78, 5) is 22.2. The molecule has 0 atom stereocenters. The first-order valence-electron chi connectivity index (χ1n) is 12.7. The van der Waals surface area contributed by atoms with E-state index in [2.05, 4.69) is 34.1 Å².